The van der Waals surface area contributed by atoms with E-state index in [1.807, 2.05) is 11.9 Å². The highest BCUT2D eigenvalue weighted by Gasteiger charge is 2.32. The van der Waals surface area contributed by atoms with E-state index in [2.05, 4.69) is 19.9 Å². The van der Waals surface area contributed by atoms with E-state index in [0.29, 0.717) is 49.6 Å². The number of imidazole rings is 1. The van der Waals surface area contributed by atoms with Gasteiger partial charge in [-0.3, -0.25) is 0 Å². The van der Waals surface area contributed by atoms with Gasteiger partial charge in [0.1, 0.15) is 5.52 Å². The Morgan fingerprint density at radius 2 is 2.20 bits per heavy atom. The molecule has 3 rings (SSSR count). The van der Waals surface area contributed by atoms with E-state index < -0.39 is 5.60 Å². The van der Waals surface area contributed by atoms with Crippen LogP contribution < -0.4 is 4.90 Å². The lowest BCUT2D eigenvalue weighted by atomic mass is 9.94. The van der Waals surface area contributed by atoms with Gasteiger partial charge in [-0.2, -0.15) is 9.97 Å². The zero-order chi connectivity index (χ0) is 14.2. The Balaban J connectivity index is 1.88. The number of rotatable bonds is 3. The van der Waals surface area contributed by atoms with Gasteiger partial charge in [-0.15, -0.1) is 0 Å². The van der Waals surface area contributed by atoms with E-state index in [0.717, 1.165) is 0 Å². The molecule has 0 amide bonds. The van der Waals surface area contributed by atoms with E-state index in [9.17, 15) is 5.11 Å². The first-order chi connectivity index (χ1) is 9.57. The maximum Gasteiger partial charge on any atom is 0.226 e. The van der Waals surface area contributed by atoms with Crippen LogP contribution in [0.1, 0.15) is 12.8 Å². The molecule has 2 aromatic heterocycles. The molecule has 0 radical (unpaired) electrons. The number of anilines is 1. The fourth-order valence-electron chi connectivity index (χ4n) is 2.49. The van der Waals surface area contributed by atoms with Crippen LogP contribution in [0, 0.1) is 0 Å². The Hall–Kier alpha value is -1.44. The van der Waals surface area contributed by atoms with Gasteiger partial charge in [-0.1, -0.05) is 0 Å². The van der Waals surface area contributed by atoms with Crippen molar-refractivity contribution in [2.45, 2.75) is 18.4 Å². The van der Waals surface area contributed by atoms with E-state index >= 15 is 0 Å². The van der Waals surface area contributed by atoms with Crippen molar-refractivity contribution in [3.63, 3.8) is 0 Å². The Morgan fingerprint density at radius 1 is 1.45 bits per heavy atom. The molecule has 0 bridgehead atoms. The van der Waals surface area contributed by atoms with Gasteiger partial charge in [-0.05, 0) is 11.6 Å². The highest BCUT2D eigenvalue weighted by atomic mass is 35.5. The minimum atomic E-state index is -0.767. The number of halogens is 1. The number of hydrogen-bond donors (Lipinski definition) is 2. The quantitative estimate of drug-likeness (QED) is 0.821. The molecule has 0 aromatic carbocycles. The minimum Gasteiger partial charge on any atom is -0.388 e. The first kappa shape index (κ1) is 13.5. The van der Waals surface area contributed by atoms with Gasteiger partial charge >= 0.3 is 0 Å². The number of aromatic amines is 1. The molecule has 8 heteroatoms. The summed E-state index contributed by atoms with van der Waals surface area (Å²) in [6.45, 7) is 1.61. The molecule has 108 valence electrons. The van der Waals surface area contributed by atoms with Crippen LogP contribution in [0.4, 0.5) is 5.82 Å². The maximum atomic E-state index is 10.6. The standard InChI is InChI=1S/C12H16ClN5O2/c1-18(6-12(19)2-4-20-5-3-12)10-8-9(15-7-14-8)16-11(13)17-10/h7,19H,2-6H2,1H3,(H,14,15,16,17). The van der Waals surface area contributed by atoms with Crippen LogP contribution in [-0.4, -0.2) is 57.4 Å². The molecule has 1 aliphatic heterocycles. The lowest BCUT2D eigenvalue weighted by molar-refractivity contribution is -0.0573. The summed E-state index contributed by atoms with van der Waals surface area (Å²) in [6.07, 6.45) is 2.78. The van der Waals surface area contributed by atoms with E-state index in [1.54, 1.807) is 6.33 Å². The monoisotopic (exact) mass is 297 g/mol. The zero-order valence-electron chi connectivity index (χ0n) is 11.1. The molecule has 2 aromatic rings. The van der Waals surface area contributed by atoms with Crippen molar-refractivity contribution < 1.29 is 9.84 Å². The van der Waals surface area contributed by atoms with E-state index in [1.165, 1.54) is 0 Å². The summed E-state index contributed by atoms with van der Waals surface area (Å²) < 4.78 is 5.29. The molecule has 1 saturated heterocycles. The number of aromatic nitrogens is 4. The molecule has 2 N–H and O–H groups in total. The fraction of sp³-hybridized carbons (Fsp3) is 0.583. The van der Waals surface area contributed by atoms with Gasteiger partial charge in [0, 0.05) is 39.6 Å². The average molecular weight is 298 g/mol. The van der Waals surface area contributed by atoms with Crippen LogP contribution in [0.5, 0.6) is 0 Å². The highest BCUT2D eigenvalue weighted by Crippen LogP contribution is 2.26. The number of likely N-dealkylation sites (N-methyl/N-ethyl adjacent to an activating group) is 1. The Labute approximate surface area is 121 Å². The summed E-state index contributed by atoms with van der Waals surface area (Å²) in [5.41, 5.74) is 0.468. The molecular formula is C12H16ClN5O2. The maximum absolute atomic E-state index is 10.6. The Bertz CT molecular complexity index is 611. The van der Waals surface area contributed by atoms with Crippen LogP contribution in [0.15, 0.2) is 6.33 Å². The van der Waals surface area contributed by atoms with Crippen molar-refractivity contribution >= 4 is 28.6 Å². The second-order valence-corrected chi connectivity index (χ2v) is 5.45. The highest BCUT2D eigenvalue weighted by molar-refractivity contribution is 6.28. The van der Waals surface area contributed by atoms with Crippen molar-refractivity contribution in [3.05, 3.63) is 11.6 Å². The van der Waals surface area contributed by atoms with Gasteiger partial charge in [0.2, 0.25) is 5.28 Å². The van der Waals surface area contributed by atoms with Gasteiger partial charge < -0.3 is 19.7 Å². The predicted octanol–water partition coefficient (Wildman–Crippen LogP) is 0.984. The number of H-pyrrole nitrogens is 1. The molecule has 0 spiro atoms. The Morgan fingerprint density at radius 3 is 2.95 bits per heavy atom. The number of nitrogens with one attached hydrogen (secondary N) is 1. The van der Waals surface area contributed by atoms with Crippen molar-refractivity contribution in [3.8, 4) is 0 Å². The molecular weight excluding hydrogens is 282 g/mol. The van der Waals surface area contributed by atoms with Crippen molar-refractivity contribution in [1.82, 2.24) is 19.9 Å². The summed E-state index contributed by atoms with van der Waals surface area (Å²) >= 11 is 5.92. The molecule has 1 aliphatic rings. The molecule has 0 atom stereocenters. The summed E-state index contributed by atoms with van der Waals surface area (Å²) in [5, 5.41) is 10.7. The van der Waals surface area contributed by atoms with Gasteiger partial charge in [0.05, 0.1) is 11.9 Å². The molecule has 7 nitrogen and oxygen atoms in total. The lowest BCUT2D eigenvalue weighted by Gasteiger charge is -2.35. The van der Waals surface area contributed by atoms with E-state index in [4.69, 9.17) is 16.3 Å². The van der Waals surface area contributed by atoms with Gasteiger partial charge in [0.25, 0.3) is 0 Å². The van der Waals surface area contributed by atoms with Crippen LogP contribution in [-0.2, 0) is 4.74 Å². The van der Waals surface area contributed by atoms with Crippen LogP contribution in [0.2, 0.25) is 5.28 Å². The number of aliphatic hydroxyl groups is 1. The third-order valence-corrected chi connectivity index (χ3v) is 3.72. The van der Waals surface area contributed by atoms with E-state index in [-0.39, 0.29) is 5.28 Å². The smallest absolute Gasteiger partial charge is 0.226 e. The third kappa shape index (κ3) is 2.56. The van der Waals surface area contributed by atoms with Crippen molar-refractivity contribution in [1.29, 1.82) is 0 Å². The van der Waals surface area contributed by atoms with Crippen LogP contribution in [0.25, 0.3) is 11.2 Å². The SMILES string of the molecule is CN(CC1(O)CCOCC1)c1nc(Cl)nc2nc[nH]c12. The molecule has 0 saturated carbocycles. The van der Waals surface area contributed by atoms with Crippen molar-refractivity contribution in [2.75, 3.05) is 31.7 Å². The number of fused-ring (bicyclic) bond motifs is 1. The second kappa shape index (κ2) is 5.16. The number of nitrogens with zero attached hydrogens (tertiary/aromatic N) is 4. The molecule has 0 aliphatic carbocycles. The summed E-state index contributed by atoms with van der Waals surface area (Å²) in [6, 6.07) is 0. The summed E-state index contributed by atoms with van der Waals surface area (Å²) in [4.78, 5) is 17.2. The zero-order valence-corrected chi connectivity index (χ0v) is 11.9. The first-order valence-electron chi connectivity index (χ1n) is 6.45. The number of hydrogen-bond acceptors (Lipinski definition) is 6. The lowest BCUT2D eigenvalue weighted by Crippen LogP contribution is -2.46. The molecule has 0 unspecified atom stereocenters. The fourth-order valence-corrected chi connectivity index (χ4v) is 2.65. The largest absolute Gasteiger partial charge is 0.388 e. The number of ether oxygens (including phenoxy) is 1. The van der Waals surface area contributed by atoms with Crippen molar-refractivity contribution in [2.24, 2.45) is 0 Å². The Kier molecular flexibility index (Phi) is 3.49. The normalized spacial score (nSPS) is 18.4. The second-order valence-electron chi connectivity index (χ2n) is 5.11. The van der Waals surface area contributed by atoms with Crippen LogP contribution >= 0.6 is 11.6 Å². The summed E-state index contributed by atoms with van der Waals surface area (Å²) in [7, 11) is 1.87. The molecule has 20 heavy (non-hydrogen) atoms. The minimum absolute atomic E-state index is 0.144. The molecule has 3 heterocycles. The van der Waals surface area contributed by atoms with Gasteiger partial charge in [0.15, 0.2) is 11.5 Å². The third-order valence-electron chi connectivity index (χ3n) is 3.56. The van der Waals surface area contributed by atoms with Crippen LogP contribution in [0.3, 0.4) is 0 Å². The average Bonchev–Trinajstić information content (AvgIpc) is 2.85. The van der Waals surface area contributed by atoms with Gasteiger partial charge in [-0.25, -0.2) is 4.98 Å². The summed E-state index contributed by atoms with van der Waals surface area (Å²) in [5.74, 6) is 0.636. The predicted molar refractivity (Wildman–Crippen MR) is 75.0 cm³/mol. The molecule has 1 fully saturated rings. The first-order valence-corrected chi connectivity index (χ1v) is 6.83. The topological polar surface area (TPSA) is 87.2 Å².